The summed E-state index contributed by atoms with van der Waals surface area (Å²) in [5.41, 5.74) is -0.603. The van der Waals surface area contributed by atoms with Gasteiger partial charge in [-0.15, -0.1) is 6.58 Å². The predicted molar refractivity (Wildman–Crippen MR) is 88.3 cm³/mol. The number of alkyl carbamates (subject to hydrolysis) is 1. The molecule has 2 saturated carbocycles. The third-order valence-corrected chi connectivity index (χ3v) is 5.42. The lowest BCUT2D eigenvalue weighted by atomic mass is 9.79. The van der Waals surface area contributed by atoms with Crippen molar-refractivity contribution in [2.24, 2.45) is 5.41 Å². The normalized spacial score (nSPS) is 22.3. The lowest BCUT2D eigenvalue weighted by molar-refractivity contribution is -0.139. The number of aliphatic carboxylic acids is 1. The Bertz CT molecular complexity index is 434. The first kappa shape index (κ1) is 17.8. The van der Waals surface area contributed by atoms with Crippen LogP contribution in [0.4, 0.5) is 4.79 Å². The van der Waals surface area contributed by atoms with Crippen molar-refractivity contribution in [2.75, 3.05) is 6.61 Å². The lowest BCUT2D eigenvalue weighted by Gasteiger charge is -2.37. The van der Waals surface area contributed by atoms with E-state index in [4.69, 9.17) is 9.84 Å². The minimum absolute atomic E-state index is 0.0279. The summed E-state index contributed by atoms with van der Waals surface area (Å²) in [5, 5.41) is 12.0. The van der Waals surface area contributed by atoms with Gasteiger partial charge in [0.05, 0.1) is 18.6 Å². The van der Waals surface area contributed by atoms with Gasteiger partial charge in [-0.3, -0.25) is 4.79 Å². The van der Waals surface area contributed by atoms with Crippen molar-refractivity contribution in [2.45, 2.75) is 76.2 Å². The van der Waals surface area contributed by atoms with E-state index in [9.17, 15) is 9.59 Å². The predicted octanol–water partition coefficient (Wildman–Crippen LogP) is 4.03. The molecule has 23 heavy (non-hydrogen) atoms. The van der Waals surface area contributed by atoms with E-state index in [1.54, 1.807) is 0 Å². The van der Waals surface area contributed by atoms with E-state index in [1.165, 1.54) is 12.8 Å². The number of carboxylic acids is 1. The van der Waals surface area contributed by atoms with Crippen molar-refractivity contribution in [3.8, 4) is 0 Å². The fourth-order valence-electron chi connectivity index (χ4n) is 4.17. The molecule has 1 amide bonds. The van der Waals surface area contributed by atoms with Crippen LogP contribution in [0.2, 0.25) is 0 Å². The summed E-state index contributed by atoms with van der Waals surface area (Å²) < 4.78 is 5.50. The van der Waals surface area contributed by atoms with Crippen LogP contribution in [0, 0.1) is 5.41 Å². The van der Waals surface area contributed by atoms with Gasteiger partial charge in [-0.25, -0.2) is 4.79 Å². The van der Waals surface area contributed by atoms with Crippen LogP contribution in [0.5, 0.6) is 0 Å². The number of rotatable bonds is 7. The van der Waals surface area contributed by atoms with Crippen LogP contribution in [0.15, 0.2) is 12.7 Å². The molecule has 0 aromatic rings. The van der Waals surface area contributed by atoms with Crippen LogP contribution in [0.25, 0.3) is 0 Å². The third-order valence-electron chi connectivity index (χ3n) is 5.42. The summed E-state index contributed by atoms with van der Waals surface area (Å²) in [6, 6.07) is 0. The van der Waals surface area contributed by atoms with E-state index in [1.807, 2.05) is 6.08 Å². The average molecular weight is 323 g/mol. The SMILES string of the molecule is C=CCC1(COC(=O)NC2(CC(=O)O)CCCCC2)CCCC1. The van der Waals surface area contributed by atoms with E-state index >= 15 is 0 Å². The van der Waals surface area contributed by atoms with Gasteiger partial charge in [0, 0.05) is 5.41 Å². The maximum absolute atomic E-state index is 12.2. The van der Waals surface area contributed by atoms with E-state index in [0.29, 0.717) is 19.4 Å². The van der Waals surface area contributed by atoms with Crippen LogP contribution in [0.3, 0.4) is 0 Å². The Morgan fingerprint density at radius 2 is 1.70 bits per heavy atom. The summed E-state index contributed by atoms with van der Waals surface area (Å²) in [7, 11) is 0. The quantitative estimate of drug-likeness (QED) is 0.694. The molecule has 0 aromatic heterocycles. The fraction of sp³-hybridized carbons (Fsp3) is 0.778. The number of ether oxygens (including phenoxy) is 1. The summed E-state index contributed by atoms with van der Waals surface area (Å²) in [5.74, 6) is -0.869. The zero-order valence-electron chi connectivity index (χ0n) is 13.9. The van der Waals surface area contributed by atoms with Gasteiger partial charge in [-0.2, -0.15) is 0 Å². The molecule has 0 spiro atoms. The molecule has 130 valence electrons. The molecule has 0 bridgehead atoms. The second-order valence-corrected chi connectivity index (χ2v) is 7.31. The van der Waals surface area contributed by atoms with Crippen molar-refractivity contribution >= 4 is 12.1 Å². The Kier molecular flexibility index (Phi) is 6.08. The van der Waals surface area contributed by atoms with Crippen molar-refractivity contribution in [3.05, 3.63) is 12.7 Å². The van der Waals surface area contributed by atoms with Crippen LogP contribution in [0.1, 0.15) is 70.6 Å². The molecule has 2 aliphatic rings. The maximum atomic E-state index is 12.2. The first-order valence-corrected chi connectivity index (χ1v) is 8.77. The second kappa shape index (κ2) is 7.84. The van der Waals surface area contributed by atoms with Crippen molar-refractivity contribution < 1.29 is 19.4 Å². The van der Waals surface area contributed by atoms with Gasteiger partial charge in [0.1, 0.15) is 0 Å². The molecule has 5 nitrogen and oxygen atoms in total. The Morgan fingerprint density at radius 3 is 2.26 bits per heavy atom. The highest BCUT2D eigenvalue weighted by Gasteiger charge is 2.38. The van der Waals surface area contributed by atoms with E-state index in [0.717, 1.165) is 38.5 Å². The van der Waals surface area contributed by atoms with Gasteiger partial charge in [0.2, 0.25) is 0 Å². The maximum Gasteiger partial charge on any atom is 0.407 e. The smallest absolute Gasteiger partial charge is 0.407 e. The molecule has 0 aliphatic heterocycles. The highest BCUT2D eigenvalue weighted by Crippen LogP contribution is 2.41. The monoisotopic (exact) mass is 323 g/mol. The van der Waals surface area contributed by atoms with Crippen molar-refractivity contribution in [1.82, 2.24) is 5.32 Å². The molecule has 0 radical (unpaired) electrons. The molecule has 5 heteroatoms. The molecular weight excluding hydrogens is 294 g/mol. The number of allylic oxidation sites excluding steroid dienone is 1. The summed E-state index contributed by atoms with van der Waals surface area (Å²) in [6.07, 6.45) is 11.2. The lowest BCUT2D eigenvalue weighted by Crippen LogP contribution is -2.51. The van der Waals surface area contributed by atoms with E-state index in [-0.39, 0.29) is 11.8 Å². The van der Waals surface area contributed by atoms with Gasteiger partial charge in [-0.1, -0.05) is 38.2 Å². The number of hydrogen-bond acceptors (Lipinski definition) is 3. The molecular formula is C18H29NO4. The van der Waals surface area contributed by atoms with Crippen LogP contribution < -0.4 is 5.32 Å². The number of nitrogens with one attached hydrogen (secondary N) is 1. The van der Waals surface area contributed by atoms with E-state index < -0.39 is 17.6 Å². The van der Waals surface area contributed by atoms with Gasteiger partial charge >= 0.3 is 12.1 Å². The highest BCUT2D eigenvalue weighted by atomic mass is 16.5. The Labute approximate surface area is 138 Å². The van der Waals surface area contributed by atoms with Crippen molar-refractivity contribution in [3.63, 3.8) is 0 Å². The topological polar surface area (TPSA) is 75.6 Å². The first-order chi connectivity index (χ1) is 11.0. The molecule has 0 saturated heterocycles. The third kappa shape index (κ3) is 4.98. The van der Waals surface area contributed by atoms with Gasteiger partial charge in [0.15, 0.2) is 0 Å². The summed E-state index contributed by atoms with van der Waals surface area (Å²) >= 11 is 0. The minimum Gasteiger partial charge on any atom is -0.481 e. The van der Waals surface area contributed by atoms with Crippen LogP contribution in [-0.4, -0.2) is 29.3 Å². The van der Waals surface area contributed by atoms with Gasteiger partial charge in [-0.05, 0) is 32.1 Å². The van der Waals surface area contributed by atoms with Crippen molar-refractivity contribution in [1.29, 1.82) is 0 Å². The average Bonchev–Trinajstić information content (AvgIpc) is 2.95. The molecule has 0 atom stereocenters. The molecule has 2 rings (SSSR count). The Hall–Kier alpha value is -1.52. The number of amides is 1. The molecule has 2 N–H and O–H groups in total. The van der Waals surface area contributed by atoms with Gasteiger partial charge < -0.3 is 15.2 Å². The molecule has 2 aliphatic carbocycles. The zero-order chi connectivity index (χ0) is 16.8. The largest absolute Gasteiger partial charge is 0.481 e. The number of carbonyl (C=O) groups is 2. The van der Waals surface area contributed by atoms with Gasteiger partial charge in [0.25, 0.3) is 0 Å². The zero-order valence-corrected chi connectivity index (χ0v) is 13.9. The number of hydrogen-bond donors (Lipinski definition) is 2. The van der Waals surface area contributed by atoms with Crippen LogP contribution >= 0.6 is 0 Å². The minimum atomic E-state index is -0.869. The summed E-state index contributed by atoms with van der Waals surface area (Å²) in [4.78, 5) is 23.4. The number of carbonyl (C=O) groups excluding carboxylic acids is 1. The second-order valence-electron chi connectivity index (χ2n) is 7.31. The number of carboxylic acid groups (broad SMARTS) is 1. The Morgan fingerprint density at radius 1 is 1.09 bits per heavy atom. The molecule has 0 aromatic carbocycles. The van der Waals surface area contributed by atoms with Crippen LogP contribution in [-0.2, 0) is 9.53 Å². The Balaban J connectivity index is 1.91. The fourth-order valence-corrected chi connectivity index (χ4v) is 4.17. The standard InChI is InChI=1S/C18H29NO4/c1-2-8-17(9-6-7-10-17)14-23-16(22)19-18(13-15(20)21)11-4-3-5-12-18/h2H,1,3-14H2,(H,19,22)(H,20,21). The highest BCUT2D eigenvalue weighted by molar-refractivity contribution is 5.72. The molecule has 0 unspecified atom stereocenters. The molecule has 2 fully saturated rings. The first-order valence-electron chi connectivity index (χ1n) is 8.77. The van der Waals surface area contributed by atoms with E-state index in [2.05, 4.69) is 11.9 Å². The molecule has 0 heterocycles. The summed E-state index contributed by atoms with van der Waals surface area (Å²) in [6.45, 7) is 4.21.